The molecule has 2 aromatic rings. The Morgan fingerprint density at radius 3 is 1.62 bits per heavy atom. The summed E-state index contributed by atoms with van der Waals surface area (Å²) in [6.07, 6.45) is 3.82. The molecule has 104 valence electrons. The van der Waals surface area contributed by atoms with Crippen LogP contribution in [0.4, 0.5) is 11.4 Å². The summed E-state index contributed by atoms with van der Waals surface area (Å²) in [6, 6.07) is 11.3. The molecule has 0 unspecified atom stereocenters. The molecule has 0 N–H and O–H groups in total. The highest BCUT2D eigenvalue weighted by Gasteiger charge is 2.08. The van der Waals surface area contributed by atoms with Crippen molar-refractivity contribution in [3.05, 3.63) is 58.7 Å². The van der Waals surface area contributed by atoms with Gasteiger partial charge in [-0.1, -0.05) is 24.3 Å². The first-order valence-corrected chi connectivity index (χ1v) is 6.50. The maximum absolute atomic E-state index is 10.4. The third-order valence-electron chi connectivity index (χ3n) is 3.55. The van der Waals surface area contributed by atoms with Crippen molar-refractivity contribution in [2.75, 3.05) is 0 Å². The molecule has 0 fully saturated rings. The molecule has 0 bridgehead atoms. The molecule has 0 saturated heterocycles. The Labute approximate surface area is 122 Å². The van der Waals surface area contributed by atoms with Crippen LogP contribution in [-0.2, 0) is 16.0 Å². The number of hydrogen-bond donors (Lipinski definition) is 0. The fourth-order valence-electron chi connectivity index (χ4n) is 2.27. The fourth-order valence-corrected chi connectivity index (χ4v) is 2.27. The summed E-state index contributed by atoms with van der Waals surface area (Å²) in [4.78, 5) is 28.3. The first-order valence-electron chi connectivity index (χ1n) is 6.50. The number of isocyanates is 2. The number of nitrogens with zero attached hydrogens (tertiary/aromatic N) is 2. The van der Waals surface area contributed by atoms with E-state index in [1.165, 1.54) is 0 Å². The van der Waals surface area contributed by atoms with Crippen LogP contribution >= 0.6 is 0 Å². The van der Waals surface area contributed by atoms with E-state index in [9.17, 15) is 9.59 Å². The van der Waals surface area contributed by atoms with Crippen LogP contribution in [0.25, 0.3) is 0 Å². The predicted octanol–water partition coefficient (Wildman–Crippen LogP) is 3.83. The van der Waals surface area contributed by atoms with Crippen LogP contribution in [0.2, 0.25) is 0 Å². The summed E-state index contributed by atoms with van der Waals surface area (Å²) in [5, 5.41) is 0. The lowest BCUT2D eigenvalue weighted by molar-refractivity contribution is 0.564. The second-order valence-electron chi connectivity index (χ2n) is 4.71. The van der Waals surface area contributed by atoms with E-state index in [-0.39, 0.29) is 0 Å². The number of rotatable bonds is 4. The van der Waals surface area contributed by atoms with Gasteiger partial charge in [-0.05, 0) is 54.7 Å². The van der Waals surface area contributed by atoms with Crippen molar-refractivity contribution in [1.29, 1.82) is 0 Å². The molecule has 0 spiro atoms. The molecule has 0 aliphatic carbocycles. The average Bonchev–Trinajstić information content (AvgIpc) is 2.48. The normalized spacial score (nSPS) is 9.62. The van der Waals surface area contributed by atoms with E-state index in [0.717, 1.165) is 22.3 Å². The molecule has 21 heavy (non-hydrogen) atoms. The Morgan fingerprint density at radius 1 is 0.810 bits per heavy atom. The number of benzene rings is 2. The molecule has 2 aromatic carbocycles. The van der Waals surface area contributed by atoms with Gasteiger partial charge in [0.05, 0.1) is 11.4 Å². The van der Waals surface area contributed by atoms with Gasteiger partial charge in [0.15, 0.2) is 0 Å². The zero-order valence-corrected chi connectivity index (χ0v) is 11.9. The van der Waals surface area contributed by atoms with Crippen molar-refractivity contribution in [2.45, 2.75) is 20.3 Å². The molecule has 0 aliphatic rings. The van der Waals surface area contributed by atoms with Crippen molar-refractivity contribution < 1.29 is 9.59 Å². The SMILES string of the molecule is Cc1c(Cc2cccc(N=C=O)c2C)cccc1N=C=O. The van der Waals surface area contributed by atoms with Crippen molar-refractivity contribution in [2.24, 2.45) is 9.98 Å². The van der Waals surface area contributed by atoms with Gasteiger partial charge in [0.25, 0.3) is 0 Å². The largest absolute Gasteiger partial charge is 0.240 e. The molecule has 0 atom stereocenters. The van der Waals surface area contributed by atoms with E-state index >= 15 is 0 Å². The highest BCUT2D eigenvalue weighted by Crippen LogP contribution is 2.27. The first-order chi connectivity index (χ1) is 10.2. The van der Waals surface area contributed by atoms with E-state index in [4.69, 9.17) is 0 Å². The highest BCUT2D eigenvalue weighted by molar-refractivity contribution is 5.59. The third kappa shape index (κ3) is 3.21. The molecule has 2 rings (SSSR count). The molecule has 0 amide bonds. The van der Waals surface area contributed by atoms with Crippen LogP contribution in [0.15, 0.2) is 46.4 Å². The Kier molecular flexibility index (Phi) is 4.57. The molecule has 0 radical (unpaired) electrons. The minimum Gasteiger partial charge on any atom is -0.211 e. The van der Waals surface area contributed by atoms with Crippen LogP contribution in [-0.4, -0.2) is 12.2 Å². The topological polar surface area (TPSA) is 58.9 Å². The van der Waals surface area contributed by atoms with Crippen molar-refractivity contribution >= 4 is 23.5 Å². The maximum Gasteiger partial charge on any atom is 0.240 e. The Hall–Kier alpha value is -2.80. The molecule has 4 heteroatoms. The smallest absolute Gasteiger partial charge is 0.211 e. The van der Waals surface area contributed by atoms with Crippen LogP contribution in [0.5, 0.6) is 0 Å². The average molecular weight is 278 g/mol. The third-order valence-corrected chi connectivity index (χ3v) is 3.55. The van der Waals surface area contributed by atoms with Gasteiger partial charge in [0.2, 0.25) is 12.2 Å². The van der Waals surface area contributed by atoms with Gasteiger partial charge in [0.1, 0.15) is 0 Å². The minimum absolute atomic E-state index is 0.627. The van der Waals surface area contributed by atoms with E-state index in [1.54, 1.807) is 24.3 Å². The van der Waals surface area contributed by atoms with E-state index in [1.807, 2.05) is 38.1 Å². The standard InChI is InChI=1S/C17H14N2O2/c1-12-14(5-3-7-16(12)18-10-20)9-15-6-4-8-17(13(15)2)19-11-21/h3-8H,9H2,1-2H3. The fraction of sp³-hybridized carbons (Fsp3) is 0.176. The summed E-state index contributed by atoms with van der Waals surface area (Å²) in [5.74, 6) is 0. The lowest BCUT2D eigenvalue weighted by atomic mass is 9.96. The molecule has 0 heterocycles. The van der Waals surface area contributed by atoms with Crippen molar-refractivity contribution in [3.63, 3.8) is 0 Å². The summed E-state index contributed by atoms with van der Waals surface area (Å²) in [5.41, 5.74) is 5.29. The van der Waals surface area contributed by atoms with Gasteiger partial charge in [-0.2, -0.15) is 9.98 Å². The van der Waals surface area contributed by atoms with E-state index in [0.29, 0.717) is 17.8 Å². The second-order valence-corrected chi connectivity index (χ2v) is 4.71. The van der Waals surface area contributed by atoms with Crippen LogP contribution in [0, 0.1) is 13.8 Å². The minimum atomic E-state index is 0.627. The van der Waals surface area contributed by atoms with Gasteiger partial charge in [0, 0.05) is 0 Å². The van der Waals surface area contributed by atoms with Crippen LogP contribution < -0.4 is 0 Å². The number of aliphatic imine (C=N–C) groups is 2. The lowest BCUT2D eigenvalue weighted by Crippen LogP contribution is -1.95. The zero-order chi connectivity index (χ0) is 15.2. The summed E-state index contributed by atoms with van der Waals surface area (Å²) in [7, 11) is 0. The first kappa shape index (κ1) is 14.6. The molecule has 0 aliphatic heterocycles. The summed E-state index contributed by atoms with van der Waals surface area (Å²) >= 11 is 0. The van der Waals surface area contributed by atoms with E-state index < -0.39 is 0 Å². The predicted molar refractivity (Wildman–Crippen MR) is 80.7 cm³/mol. The molecule has 0 saturated carbocycles. The second kappa shape index (κ2) is 6.58. The quantitative estimate of drug-likeness (QED) is 0.630. The molecular formula is C17H14N2O2. The molecular weight excluding hydrogens is 264 g/mol. The Balaban J connectivity index is 2.43. The van der Waals surface area contributed by atoms with Gasteiger partial charge in [-0.3, -0.25) is 0 Å². The summed E-state index contributed by atoms with van der Waals surface area (Å²) < 4.78 is 0. The zero-order valence-electron chi connectivity index (χ0n) is 11.9. The van der Waals surface area contributed by atoms with Gasteiger partial charge >= 0.3 is 0 Å². The van der Waals surface area contributed by atoms with Gasteiger partial charge in [-0.15, -0.1) is 0 Å². The number of carbonyl (C=O) groups excluding carboxylic acids is 2. The Morgan fingerprint density at radius 2 is 1.24 bits per heavy atom. The number of hydrogen-bond acceptors (Lipinski definition) is 4. The van der Waals surface area contributed by atoms with Gasteiger partial charge in [-0.25, -0.2) is 9.59 Å². The van der Waals surface area contributed by atoms with Crippen LogP contribution in [0.3, 0.4) is 0 Å². The van der Waals surface area contributed by atoms with Crippen LogP contribution in [0.1, 0.15) is 22.3 Å². The van der Waals surface area contributed by atoms with Crippen molar-refractivity contribution in [1.82, 2.24) is 0 Å². The monoisotopic (exact) mass is 278 g/mol. The van der Waals surface area contributed by atoms with Crippen molar-refractivity contribution in [3.8, 4) is 0 Å². The van der Waals surface area contributed by atoms with Gasteiger partial charge < -0.3 is 0 Å². The van der Waals surface area contributed by atoms with E-state index in [2.05, 4.69) is 9.98 Å². The lowest BCUT2D eigenvalue weighted by Gasteiger charge is -2.11. The maximum atomic E-state index is 10.4. The molecule has 0 aromatic heterocycles. The Bertz CT molecular complexity index is 703. The molecule has 4 nitrogen and oxygen atoms in total. The highest BCUT2D eigenvalue weighted by atomic mass is 16.1. The summed E-state index contributed by atoms with van der Waals surface area (Å²) in [6.45, 7) is 3.85.